The molecule has 108 valence electrons. The highest BCUT2D eigenvalue weighted by Crippen LogP contribution is 2.10. The van der Waals surface area contributed by atoms with Crippen molar-refractivity contribution in [1.29, 1.82) is 0 Å². The number of aromatic amines is 1. The van der Waals surface area contributed by atoms with Crippen molar-refractivity contribution >= 4 is 11.1 Å². The summed E-state index contributed by atoms with van der Waals surface area (Å²) in [4.78, 5) is 27.9. The molecule has 0 aliphatic carbocycles. The topological polar surface area (TPSA) is 68.0 Å². The summed E-state index contributed by atoms with van der Waals surface area (Å²) in [6.07, 6.45) is 0. The highest BCUT2D eigenvalue weighted by Gasteiger charge is 2.13. The van der Waals surface area contributed by atoms with Crippen LogP contribution in [0.1, 0.15) is 5.56 Å². The lowest BCUT2D eigenvalue weighted by molar-refractivity contribution is 0.552. The highest BCUT2D eigenvalue weighted by molar-refractivity contribution is 5.71. The first-order valence-corrected chi connectivity index (χ1v) is 6.92. The third-order valence-electron chi connectivity index (χ3n) is 3.67. The fourth-order valence-corrected chi connectivity index (χ4v) is 2.57. The van der Waals surface area contributed by atoms with Gasteiger partial charge in [-0.1, -0.05) is 42.5 Å². The van der Waals surface area contributed by atoms with Crippen molar-refractivity contribution in [2.45, 2.75) is 6.54 Å². The number of hydrogen-bond acceptors (Lipinski definition) is 3. The lowest BCUT2D eigenvalue weighted by atomic mass is 10.2. The number of fused-ring (bicyclic) bond motifs is 1. The lowest BCUT2D eigenvalue weighted by Gasteiger charge is -1.99. The van der Waals surface area contributed by atoms with Crippen molar-refractivity contribution in [1.82, 2.24) is 9.55 Å². The molecule has 1 N–H and O–H groups in total. The Labute approximate surface area is 124 Å². The molecule has 5 heteroatoms. The summed E-state index contributed by atoms with van der Waals surface area (Å²) in [5.74, 6) is 0. The van der Waals surface area contributed by atoms with E-state index in [9.17, 15) is 9.59 Å². The fraction of sp³-hybridized carbons (Fsp3) is 0.0588. The van der Waals surface area contributed by atoms with Gasteiger partial charge in [0.05, 0.1) is 12.1 Å². The van der Waals surface area contributed by atoms with Crippen molar-refractivity contribution in [3.8, 4) is 0 Å². The molecular weight excluding hydrogens is 280 g/mol. The van der Waals surface area contributed by atoms with Crippen LogP contribution in [0.4, 0.5) is 0 Å². The first-order chi connectivity index (χ1) is 10.7. The van der Waals surface area contributed by atoms with Gasteiger partial charge in [0, 0.05) is 0 Å². The standard InChI is InChI=1S/C17H12N2O3/c20-16-14-15(22-13-9-5-4-8-12(13)18-14)17(21)19(16)10-11-6-2-1-3-7-11/h1-9,18H,10H2. The number of benzene rings is 2. The van der Waals surface area contributed by atoms with Crippen LogP contribution >= 0.6 is 0 Å². The van der Waals surface area contributed by atoms with E-state index in [0.29, 0.717) is 11.1 Å². The molecule has 0 amide bonds. The maximum absolute atomic E-state index is 12.5. The Morgan fingerprint density at radius 1 is 0.909 bits per heavy atom. The summed E-state index contributed by atoms with van der Waals surface area (Å²) in [5.41, 5.74) is 1.42. The Morgan fingerprint density at radius 2 is 1.64 bits per heavy atom. The van der Waals surface area contributed by atoms with E-state index >= 15 is 0 Å². The van der Waals surface area contributed by atoms with E-state index in [1.807, 2.05) is 42.5 Å². The number of nitrogens with zero attached hydrogens (tertiary/aromatic N) is 1. The number of nitrogens with one attached hydrogen (secondary N) is 1. The number of H-pyrrole nitrogens is 1. The van der Waals surface area contributed by atoms with Gasteiger partial charge in [0.15, 0.2) is 10.9 Å². The normalized spacial score (nSPS) is 11.3. The van der Waals surface area contributed by atoms with E-state index in [1.54, 1.807) is 12.1 Å². The molecule has 0 spiro atoms. The van der Waals surface area contributed by atoms with Crippen molar-refractivity contribution < 1.29 is 4.42 Å². The summed E-state index contributed by atoms with van der Waals surface area (Å²) in [7, 11) is 0. The van der Waals surface area contributed by atoms with Crippen molar-refractivity contribution in [3.63, 3.8) is 0 Å². The molecule has 2 aromatic carbocycles. The van der Waals surface area contributed by atoms with Crippen LogP contribution in [0.15, 0.2) is 68.6 Å². The molecule has 0 bridgehead atoms. The van der Waals surface area contributed by atoms with Gasteiger partial charge in [0.1, 0.15) is 0 Å². The molecule has 2 aromatic rings. The molecule has 0 saturated heterocycles. The number of hydrogen-bond donors (Lipinski definition) is 1. The molecule has 0 aromatic heterocycles. The molecule has 0 radical (unpaired) electrons. The average Bonchev–Trinajstić information content (AvgIpc) is 2.79. The van der Waals surface area contributed by atoms with Crippen LogP contribution in [0.5, 0.6) is 0 Å². The van der Waals surface area contributed by atoms with Gasteiger partial charge in [-0.15, -0.1) is 0 Å². The predicted molar refractivity (Wildman–Crippen MR) is 81.9 cm³/mol. The van der Waals surface area contributed by atoms with Crippen LogP contribution < -0.4 is 11.1 Å². The van der Waals surface area contributed by atoms with Gasteiger partial charge in [0.2, 0.25) is 5.42 Å². The van der Waals surface area contributed by atoms with E-state index in [-0.39, 0.29) is 22.9 Å². The van der Waals surface area contributed by atoms with Gasteiger partial charge in [-0.05, 0) is 17.7 Å². The minimum Gasteiger partial charge on any atom is -0.447 e. The minimum absolute atomic E-state index is 0.0691. The zero-order chi connectivity index (χ0) is 15.1. The average molecular weight is 292 g/mol. The van der Waals surface area contributed by atoms with E-state index in [0.717, 1.165) is 5.56 Å². The summed E-state index contributed by atoms with van der Waals surface area (Å²) in [6.45, 7) is 0.229. The third kappa shape index (κ3) is 1.87. The molecule has 22 heavy (non-hydrogen) atoms. The van der Waals surface area contributed by atoms with Crippen LogP contribution in [0.2, 0.25) is 0 Å². The molecule has 2 aliphatic heterocycles. The van der Waals surface area contributed by atoms with Crippen LogP contribution in [0.25, 0.3) is 11.1 Å². The van der Waals surface area contributed by atoms with E-state index in [2.05, 4.69) is 4.98 Å². The predicted octanol–water partition coefficient (Wildman–Crippen LogP) is 2.06. The van der Waals surface area contributed by atoms with Gasteiger partial charge in [-0.2, -0.15) is 0 Å². The molecular formula is C17H12N2O3. The number of rotatable bonds is 2. The second kappa shape index (κ2) is 4.73. The second-order valence-electron chi connectivity index (χ2n) is 5.11. The summed E-state index contributed by atoms with van der Waals surface area (Å²) < 4.78 is 6.80. The van der Waals surface area contributed by atoms with Gasteiger partial charge in [-0.3, -0.25) is 14.2 Å². The Hall–Kier alpha value is -3.08. The molecule has 4 rings (SSSR count). The smallest absolute Gasteiger partial charge is 0.299 e. The van der Waals surface area contributed by atoms with Gasteiger partial charge >= 0.3 is 0 Å². The quantitative estimate of drug-likeness (QED) is 0.615. The monoisotopic (exact) mass is 292 g/mol. The summed E-state index contributed by atoms with van der Waals surface area (Å²) >= 11 is 0. The lowest BCUT2D eigenvalue weighted by Crippen LogP contribution is -2.27. The molecule has 2 aliphatic rings. The Kier molecular flexibility index (Phi) is 2.72. The summed E-state index contributed by atoms with van der Waals surface area (Å²) in [5, 5.41) is 0.208. The van der Waals surface area contributed by atoms with Crippen LogP contribution in [-0.2, 0) is 6.54 Å². The van der Waals surface area contributed by atoms with Crippen LogP contribution in [-0.4, -0.2) is 9.55 Å². The summed E-state index contributed by atoms with van der Waals surface area (Å²) in [6, 6.07) is 16.6. The van der Waals surface area contributed by atoms with Crippen LogP contribution in [0, 0.1) is 10.8 Å². The molecule has 0 unspecified atom stereocenters. The van der Waals surface area contributed by atoms with Gasteiger partial charge < -0.3 is 9.40 Å². The van der Waals surface area contributed by atoms with Crippen molar-refractivity contribution in [3.05, 3.63) is 91.6 Å². The zero-order valence-corrected chi connectivity index (χ0v) is 11.6. The third-order valence-corrected chi connectivity index (χ3v) is 3.67. The van der Waals surface area contributed by atoms with Crippen molar-refractivity contribution in [2.75, 3.05) is 0 Å². The minimum atomic E-state index is -0.411. The van der Waals surface area contributed by atoms with E-state index < -0.39 is 5.56 Å². The first kappa shape index (κ1) is 12.6. The molecule has 5 nitrogen and oxygen atoms in total. The fourth-order valence-electron chi connectivity index (χ4n) is 2.57. The maximum Gasteiger partial charge on any atom is 0.299 e. The molecule has 0 saturated carbocycles. The van der Waals surface area contributed by atoms with Crippen molar-refractivity contribution in [2.24, 2.45) is 0 Å². The molecule has 0 fully saturated rings. The number of para-hydroxylation sites is 2. The maximum atomic E-state index is 12.5. The zero-order valence-electron chi connectivity index (χ0n) is 11.6. The first-order valence-electron chi connectivity index (χ1n) is 6.92. The molecule has 0 atom stereocenters. The molecule has 2 heterocycles. The van der Waals surface area contributed by atoms with Gasteiger partial charge in [-0.25, -0.2) is 0 Å². The Balaban J connectivity index is 2.00. The SMILES string of the molecule is O=c1c2[nH]c3ccccc3oc=2c(=O)n1Cc1ccccc1. The largest absolute Gasteiger partial charge is 0.447 e. The number of aromatic nitrogens is 2. The van der Waals surface area contributed by atoms with Gasteiger partial charge in [0.25, 0.3) is 11.1 Å². The Morgan fingerprint density at radius 3 is 2.45 bits per heavy atom. The van der Waals surface area contributed by atoms with Crippen LogP contribution in [0.3, 0.4) is 0 Å². The second-order valence-corrected chi connectivity index (χ2v) is 5.11. The highest BCUT2D eigenvalue weighted by atomic mass is 16.3. The Bertz CT molecular complexity index is 1070. The van der Waals surface area contributed by atoms with E-state index in [4.69, 9.17) is 4.42 Å². The van der Waals surface area contributed by atoms with E-state index in [1.165, 1.54) is 4.57 Å².